The summed E-state index contributed by atoms with van der Waals surface area (Å²) >= 11 is 7.47. The van der Waals surface area contributed by atoms with E-state index in [4.69, 9.17) is 11.6 Å². The van der Waals surface area contributed by atoms with Crippen molar-refractivity contribution in [3.8, 4) is 11.3 Å². The largest absolute Gasteiger partial charge is 0.312 e. The summed E-state index contributed by atoms with van der Waals surface area (Å²) in [5.74, 6) is 0.206. The Morgan fingerprint density at radius 2 is 2.00 bits per heavy atom. The summed E-state index contributed by atoms with van der Waals surface area (Å²) in [6.07, 6.45) is 2.90. The zero-order chi connectivity index (χ0) is 20.0. The van der Waals surface area contributed by atoms with Gasteiger partial charge in [-0.05, 0) is 49.1 Å². The molecule has 3 aromatic rings. The van der Waals surface area contributed by atoms with Crippen LogP contribution in [0.5, 0.6) is 0 Å². The zero-order valence-corrected chi connectivity index (χ0v) is 17.1. The fourth-order valence-electron chi connectivity index (χ4n) is 3.61. The highest BCUT2D eigenvalue weighted by molar-refractivity contribution is 7.14. The van der Waals surface area contributed by atoms with Crippen LogP contribution in [0.2, 0.25) is 5.02 Å². The van der Waals surface area contributed by atoms with Crippen LogP contribution < -0.4 is 10.2 Å². The highest BCUT2D eigenvalue weighted by Crippen LogP contribution is 2.38. The van der Waals surface area contributed by atoms with Crippen molar-refractivity contribution >= 4 is 45.6 Å². The first-order valence-corrected chi connectivity index (χ1v) is 10.8. The van der Waals surface area contributed by atoms with E-state index in [9.17, 15) is 9.59 Å². The number of halogens is 1. The van der Waals surface area contributed by atoms with Crippen LogP contribution in [0.15, 0.2) is 47.8 Å². The van der Waals surface area contributed by atoms with Gasteiger partial charge in [-0.1, -0.05) is 29.8 Å². The number of carbonyl (C=O) groups is 2. The molecule has 0 radical (unpaired) electrons. The Labute approximate surface area is 177 Å². The molecule has 5 rings (SSSR count). The van der Waals surface area contributed by atoms with Crippen LogP contribution in [0.1, 0.15) is 28.8 Å². The quantitative estimate of drug-likeness (QED) is 0.641. The maximum absolute atomic E-state index is 12.4. The zero-order valence-electron chi connectivity index (χ0n) is 15.5. The van der Waals surface area contributed by atoms with Gasteiger partial charge in [0.05, 0.1) is 16.3 Å². The van der Waals surface area contributed by atoms with Gasteiger partial charge in [-0.3, -0.25) is 14.9 Å². The number of rotatable bonds is 4. The summed E-state index contributed by atoms with van der Waals surface area (Å²) in [6.45, 7) is 0.754. The lowest BCUT2D eigenvalue weighted by atomic mass is 10.1. The summed E-state index contributed by atoms with van der Waals surface area (Å²) in [4.78, 5) is 31.3. The molecule has 0 spiro atoms. The van der Waals surface area contributed by atoms with E-state index in [0.29, 0.717) is 15.7 Å². The third kappa shape index (κ3) is 3.54. The number of amides is 2. The second kappa shape index (κ2) is 7.28. The van der Waals surface area contributed by atoms with Gasteiger partial charge in [-0.2, -0.15) is 0 Å². The van der Waals surface area contributed by atoms with Crippen molar-refractivity contribution in [3.63, 3.8) is 0 Å². The molecule has 7 heteroatoms. The summed E-state index contributed by atoms with van der Waals surface area (Å²) in [5, 5.41) is 5.67. The molecule has 2 aliphatic rings. The fourth-order valence-corrected chi connectivity index (χ4v) is 4.55. The van der Waals surface area contributed by atoms with E-state index < -0.39 is 0 Å². The topological polar surface area (TPSA) is 62.3 Å². The Morgan fingerprint density at radius 3 is 2.79 bits per heavy atom. The molecule has 5 nitrogen and oxygen atoms in total. The minimum absolute atomic E-state index is 0.225. The van der Waals surface area contributed by atoms with Crippen molar-refractivity contribution in [2.24, 2.45) is 5.92 Å². The van der Waals surface area contributed by atoms with Crippen LogP contribution >= 0.6 is 22.9 Å². The number of hydrogen-bond donors (Lipinski definition) is 1. The van der Waals surface area contributed by atoms with Gasteiger partial charge in [-0.25, -0.2) is 4.98 Å². The first-order chi connectivity index (χ1) is 14.1. The normalized spacial score (nSPS) is 15.3. The Balaban J connectivity index is 1.34. The standard InChI is InChI=1S/C22H18ClN3O2S/c23-17-4-2-1-3-16(17)20(27)25-22-24-18(12-29-22)14-7-8-19-15(11-14)9-10-26(19)21(28)13-5-6-13/h1-4,7-8,11-13H,5-6,9-10H2,(H,24,25,27). The van der Waals surface area contributed by atoms with Gasteiger partial charge >= 0.3 is 0 Å². The molecule has 0 bridgehead atoms. The van der Waals surface area contributed by atoms with Gasteiger partial charge in [0.1, 0.15) is 0 Å². The molecule has 29 heavy (non-hydrogen) atoms. The van der Waals surface area contributed by atoms with E-state index in [1.165, 1.54) is 16.9 Å². The van der Waals surface area contributed by atoms with Crippen molar-refractivity contribution in [1.82, 2.24) is 4.98 Å². The second-order valence-electron chi connectivity index (χ2n) is 7.33. The number of aromatic nitrogens is 1. The summed E-state index contributed by atoms with van der Waals surface area (Å²) < 4.78 is 0. The molecule has 1 aliphatic carbocycles. The number of thiazole rings is 1. The minimum Gasteiger partial charge on any atom is -0.312 e. The van der Waals surface area contributed by atoms with Gasteiger partial charge in [0, 0.05) is 29.1 Å². The Hall–Kier alpha value is -2.70. The third-order valence-electron chi connectivity index (χ3n) is 5.31. The van der Waals surface area contributed by atoms with E-state index in [1.54, 1.807) is 24.3 Å². The lowest BCUT2D eigenvalue weighted by molar-refractivity contribution is -0.119. The molecule has 2 amide bonds. The van der Waals surface area contributed by atoms with Crippen LogP contribution in [0.25, 0.3) is 11.3 Å². The van der Waals surface area contributed by atoms with Gasteiger partial charge < -0.3 is 4.90 Å². The van der Waals surface area contributed by atoms with Crippen molar-refractivity contribution < 1.29 is 9.59 Å². The molecule has 0 saturated heterocycles. The molecule has 1 N–H and O–H groups in total. The van der Waals surface area contributed by atoms with Gasteiger partial charge in [-0.15, -0.1) is 11.3 Å². The summed E-state index contributed by atoms with van der Waals surface area (Å²) in [6, 6.07) is 13.0. The van der Waals surface area contributed by atoms with Crippen molar-refractivity contribution in [3.05, 3.63) is 64.0 Å². The van der Waals surface area contributed by atoms with Crippen LogP contribution in [0, 0.1) is 5.92 Å². The average Bonchev–Trinajstić information content (AvgIpc) is 3.33. The molecule has 1 aliphatic heterocycles. The Morgan fingerprint density at radius 1 is 1.17 bits per heavy atom. The monoisotopic (exact) mass is 423 g/mol. The second-order valence-corrected chi connectivity index (χ2v) is 8.59. The fraction of sp³-hybridized carbons (Fsp3) is 0.227. The van der Waals surface area contributed by atoms with Crippen LogP contribution in [0.4, 0.5) is 10.8 Å². The molecular weight excluding hydrogens is 406 g/mol. The smallest absolute Gasteiger partial charge is 0.258 e. The van der Waals surface area contributed by atoms with E-state index in [0.717, 1.165) is 42.8 Å². The third-order valence-corrected chi connectivity index (χ3v) is 6.39. The molecule has 1 saturated carbocycles. The Bertz CT molecular complexity index is 1120. The first kappa shape index (κ1) is 18.3. The van der Waals surface area contributed by atoms with Crippen LogP contribution in [-0.4, -0.2) is 23.3 Å². The molecule has 0 atom stereocenters. The van der Waals surface area contributed by atoms with Crippen molar-refractivity contribution in [1.29, 1.82) is 0 Å². The number of anilines is 2. The van der Waals surface area contributed by atoms with Gasteiger partial charge in [0.15, 0.2) is 5.13 Å². The van der Waals surface area contributed by atoms with E-state index >= 15 is 0 Å². The molecule has 0 unspecified atom stereocenters. The summed E-state index contributed by atoms with van der Waals surface area (Å²) in [5.41, 5.74) is 4.40. The van der Waals surface area contributed by atoms with Crippen molar-refractivity contribution in [2.75, 3.05) is 16.8 Å². The highest BCUT2D eigenvalue weighted by Gasteiger charge is 2.36. The predicted octanol–water partition coefficient (Wildman–Crippen LogP) is 5.01. The van der Waals surface area contributed by atoms with Crippen LogP contribution in [0.3, 0.4) is 0 Å². The average molecular weight is 424 g/mol. The Kier molecular flexibility index (Phi) is 4.60. The van der Waals surface area contributed by atoms with Crippen LogP contribution in [-0.2, 0) is 11.2 Å². The number of benzene rings is 2. The van der Waals surface area contributed by atoms with E-state index in [2.05, 4.69) is 16.4 Å². The maximum Gasteiger partial charge on any atom is 0.258 e. The number of carbonyl (C=O) groups excluding carboxylic acids is 2. The molecule has 1 fully saturated rings. The first-order valence-electron chi connectivity index (χ1n) is 9.56. The lowest BCUT2D eigenvalue weighted by Crippen LogP contribution is -2.30. The van der Waals surface area contributed by atoms with E-state index in [-0.39, 0.29) is 17.7 Å². The highest BCUT2D eigenvalue weighted by atomic mass is 35.5. The lowest BCUT2D eigenvalue weighted by Gasteiger charge is -2.17. The maximum atomic E-state index is 12.4. The van der Waals surface area contributed by atoms with Crippen molar-refractivity contribution in [2.45, 2.75) is 19.3 Å². The SMILES string of the molecule is O=C(Nc1nc(-c2ccc3c(c2)CCN3C(=O)C2CC2)cs1)c1ccccc1Cl. The summed E-state index contributed by atoms with van der Waals surface area (Å²) in [7, 11) is 0. The number of fused-ring (bicyclic) bond motifs is 1. The minimum atomic E-state index is -0.278. The molecule has 1 aromatic heterocycles. The molecule has 2 aromatic carbocycles. The van der Waals surface area contributed by atoms with Gasteiger partial charge in [0.2, 0.25) is 5.91 Å². The predicted molar refractivity (Wildman–Crippen MR) is 116 cm³/mol. The number of nitrogens with one attached hydrogen (secondary N) is 1. The molecule has 2 heterocycles. The number of hydrogen-bond acceptors (Lipinski definition) is 4. The van der Waals surface area contributed by atoms with E-state index in [1.807, 2.05) is 22.4 Å². The molecular formula is C22H18ClN3O2S. The number of nitrogens with zero attached hydrogens (tertiary/aromatic N) is 2. The van der Waals surface area contributed by atoms with Gasteiger partial charge in [0.25, 0.3) is 5.91 Å². The molecule has 146 valence electrons.